The van der Waals surface area contributed by atoms with Crippen molar-refractivity contribution >= 4 is 15.9 Å². The van der Waals surface area contributed by atoms with Crippen molar-refractivity contribution in [3.05, 3.63) is 30.1 Å². The number of rotatable bonds is 10. The Balaban J connectivity index is 1.85. The highest BCUT2D eigenvalue weighted by Crippen LogP contribution is 2.03. The van der Waals surface area contributed by atoms with E-state index in [2.05, 4.69) is 27.0 Å². The number of pyridine rings is 1. The van der Waals surface area contributed by atoms with Gasteiger partial charge in [-0.25, -0.2) is 0 Å². The van der Waals surface area contributed by atoms with Crippen LogP contribution in [0.1, 0.15) is 37.8 Å². The number of nitrogens with zero attached hydrogens (tertiary/aromatic N) is 1. The quantitative estimate of drug-likeness (QED) is 0.481. The van der Waals surface area contributed by atoms with Gasteiger partial charge >= 0.3 is 0 Å². The summed E-state index contributed by atoms with van der Waals surface area (Å²) in [6.45, 7) is 1.76. The number of hydrogen-bond donors (Lipinski definition) is 0. The van der Waals surface area contributed by atoms with E-state index < -0.39 is 0 Å². The van der Waals surface area contributed by atoms with E-state index in [1.807, 2.05) is 18.3 Å². The van der Waals surface area contributed by atoms with Crippen LogP contribution in [0.3, 0.4) is 0 Å². The lowest BCUT2D eigenvalue weighted by atomic mass is 10.2. The first-order valence-electron chi connectivity index (χ1n) is 6.47. The SMILES string of the molecule is BrCCCCCCOCCCc1ccccn1. The average molecular weight is 300 g/mol. The highest BCUT2D eigenvalue weighted by atomic mass is 79.9. The van der Waals surface area contributed by atoms with Crippen molar-refractivity contribution in [3.8, 4) is 0 Å². The van der Waals surface area contributed by atoms with Crippen LogP contribution in [-0.2, 0) is 11.2 Å². The normalized spacial score (nSPS) is 10.6. The summed E-state index contributed by atoms with van der Waals surface area (Å²) in [4.78, 5) is 4.29. The lowest BCUT2D eigenvalue weighted by Gasteiger charge is -2.04. The molecule has 2 nitrogen and oxygen atoms in total. The second kappa shape index (κ2) is 10.7. The molecule has 0 fully saturated rings. The molecule has 1 aromatic heterocycles. The third-order valence-electron chi connectivity index (χ3n) is 2.62. The molecule has 0 aliphatic carbocycles. The first kappa shape index (κ1) is 14.7. The van der Waals surface area contributed by atoms with Gasteiger partial charge < -0.3 is 4.74 Å². The molecule has 0 radical (unpaired) electrons. The van der Waals surface area contributed by atoms with Gasteiger partial charge in [0.05, 0.1) is 0 Å². The third-order valence-corrected chi connectivity index (χ3v) is 3.18. The molecule has 1 heterocycles. The molecule has 0 N–H and O–H groups in total. The molecule has 3 heteroatoms. The Morgan fingerprint density at radius 1 is 1.00 bits per heavy atom. The molecule has 0 bridgehead atoms. The van der Waals surface area contributed by atoms with Crippen molar-refractivity contribution < 1.29 is 4.74 Å². The largest absolute Gasteiger partial charge is 0.381 e. The Hall–Kier alpha value is -0.410. The monoisotopic (exact) mass is 299 g/mol. The molecule has 0 spiro atoms. The van der Waals surface area contributed by atoms with Gasteiger partial charge in [-0.3, -0.25) is 4.98 Å². The van der Waals surface area contributed by atoms with Crippen LogP contribution in [-0.4, -0.2) is 23.5 Å². The number of ether oxygens (including phenoxy) is 1. The van der Waals surface area contributed by atoms with E-state index in [0.717, 1.165) is 37.1 Å². The Morgan fingerprint density at radius 2 is 1.82 bits per heavy atom. The summed E-state index contributed by atoms with van der Waals surface area (Å²) in [5.74, 6) is 0. The molecule has 1 rings (SSSR count). The van der Waals surface area contributed by atoms with Crippen LogP contribution < -0.4 is 0 Å². The number of aromatic nitrogens is 1. The summed E-state index contributed by atoms with van der Waals surface area (Å²) in [6.07, 6.45) is 8.99. The van der Waals surface area contributed by atoms with Gasteiger partial charge in [-0.1, -0.05) is 34.8 Å². The fraction of sp³-hybridized carbons (Fsp3) is 0.643. The number of aryl methyl sites for hydroxylation is 1. The molecule has 0 aliphatic heterocycles. The maximum absolute atomic E-state index is 5.60. The van der Waals surface area contributed by atoms with Crippen LogP contribution in [0.15, 0.2) is 24.4 Å². The summed E-state index contributed by atoms with van der Waals surface area (Å²) < 4.78 is 5.60. The van der Waals surface area contributed by atoms with Crippen molar-refractivity contribution in [2.75, 3.05) is 18.5 Å². The highest BCUT2D eigenvalue weighted by Gasteiger charge is 1.94. The minimum Gasteiger partial charge on any atom is -0.381 e. The Morgan fingerprint density at radius 3 is 2.59 bits per heavy atom. The van der Waals surface area contributed by atoms with Crippen LogP contribution >= 0.6 is 15.9 Å². The van der Waals surface area contributed by atoms with Crippen LogP contribution in [0.2, 0.25) is 0 Å². The molecule has 0 amide bonds. The zero-order valence-corrected chi connectivity index (χ0v) is 12.0. The molecule has 0 saturated carbocycles. The molecule has 0 saturated heterocycles. The van der Waals surface area contributed by atoms with Crippen molar-refractivity contribution in [2.45, 2.75) is 38.5 Å². The molecule has 0 unspecified atom stereocenters. The van der Waals surface area contributed by atoms with Crippen molar-refractivity contribution in [1.29, 1.82) is 0 Å². The highest BCUT2D eigenvalue weighted by molar-refractivity contribution is 9.09. The van der Waals surface area contributed by atoms with Crippen LogP contribution in [0.4, 0.5) is 0 Å². The number of halogens is 1. The summed E-state index contributed by atoms with van der Waals surface area (Å²) in [6, 6.07) is 6.06. The fourth-order valence-electron chi connectivity index (χ4n) is 1.66. The van der Waals surface area contributed by atoms with Crippen molar-refractivity contribution in [2.24, 2.45) is 0 Å². The smallest absolute Gasteiger partial charge is 0.0469 e. The minimum atomic E-state index is 0.856. The van der Waals surface area contributed by atoms with E-state index in [9.17, 15) is 0 Å². The van der Waals surface area contributed by atoms with Crippen molar-refractivity contribution in [3.63, 3.8) is 0 Å². The second-order valence-electron chi connectivity index (χ2n) is 4.14. The van der Waals surface area contributed by atoms with Gasteiger partial charge in [0.15, 0.2) is 0 Å². The summed E-state index contributed by atoms with van der Waals surface area (Å²) >= 11 is 3.44. The molecule has 0 atom stereocenters. The lowest BCUT2D eigenvalue weighted by Crippen LogP contribution is -1.99. The summed E-state index contributed by atoms with van der Waals surface area (Å²) in [5.41, 5.74) is 1.16. The van der Waals surface area contributed by atoms with Crippen LogP contribution in [0.5, 0.6) is 0 Å². The van der Waals surface area contributed by atoms with Gasteiger partial charge in [0.2, 0.25) is 0 Å². The van der Waals surface area contributed by atoms with Gasteiger partial charge in [0.1, 0.15) is 0 Å². The van der Waals surface area contributed by atoms with Crippen LogP contribution in [0.25, 0.3) is 0 Å². The lowest BCUT2D eigenvalue weighted by molar-refractivity contribution is 0.127. The average Bonchev–Trinajstić information content (AvgIpc) is 2.38. The fourth-order valence-corrected chi connectivity index (χ4v) is 2.05. The van der Waals surface area contributed by atoms with E-state index in [1.54, 1.807) is 0 Å². The van der Waals surface area contributed by atoms with Crippen molar-refractivity contribution in [1.82, 2.24) is 4.98 Å². The van der Waals surface area contributed by atoms with E-state index in [0.29, 0.717) is 0 Å². The molecule has 1 aromatic rings. The second-order valence-corrected chi connectivity index (χ2v) is 4.93. The van der Waals surface area contributed by atoms with Crippen LogP contribution in [0, 0.1) is 0 Å². The van der Waals surface area contributed by atoms with Gasteiger partial charge in [-0.05, 0) is 37.8 Å². The molecule has 0 aromatic carbocycles. The van der Waals surface area contributed by atoms with Gasteiger partial charge in [-0.2, -0.15) is 0 Å². The zero-order valence-electron chi connectivity index (χ0n) is 10.4. The predicted octanol–water partition coefficient (Wildman–Crippen LogP) is 3.99. The molecule has 96 valence electrons. The molecule has 0 aliphatic rings. The standard InChI is InChI=1S/C14H22BrNO/c15-10-4-1-2-6-12-17-13-7-9-14-8-3-5-11-16-14/h3,5,8,11H,1-2,4,6-7,9-10,12-13H2. The summed E-state index contributed by atoms with van der Waals surface area (Å²) in [7, 11) is 0. The maximum Gasteiger partial charge on any atom is 0.0469 e. The first-order chi connectivity index (χ1) is 8.43. The molecule has 17 heavy (non-hydrogen) atoms. The Kier molecular flexibility index (Phi) is 9.24. The van der Waals surface area contributed by atoms with E-state index in [4.69, 9.17) is 4.74 Å². The summed E-state index contributed by atoms with van der Waals surface area (Å²) in [5, 5.41) is 1.12. The number of alkyl halides is 1. The minimum absolute atomic E-state index is 0.856. The topological polar surface area (TPSA) is 22.1 Å². The Bertz CT molecular complexity index is 266. The van der Waals surface area contributed by atoms with E-state index >= 15 is 0 Å². The number of hydrogen-bond acceptors (Lipinski definition) is 2. The first-order valence-corrected chi connectivity index (χ1v) is 7.59. The maximum atomic E-state index is 5.60. The van der Waals surface area contributed by atoms with E-state index in [-0.39, 0.29) is 0 Å². The van der Waals surface area contributed by atoms with Gasteiger partial charge in [0.25, 0.3) is 0 Å². The molecular weight excluding hydrogens is 278 g/mol. The zero-order chi connectivity index (χ0) is 12.2. The number of unbranched alkanes of at least 4 members (excludes halogenated alkanes) is 3. The van der Waals surface area contributed by atoms with E-state index in [1.165, 1.54) is 25.7 Å². The molecular formula is C14H22BrNO. The third kappa shape index (κ3) is 8.33. The van der Waals surface area contributed by atoms with Gasteiger partial charge in [0, 0.05) is 30.4 Å². The predicted molar refractivity (Wildman–Crippen MR) is 75.6 cm³/mol. The Labute approximate surface area is 113 Å². The van der Waals surface area contributed by atoms with Gasteiger partial charge in [-0.15, -0.1) is 0 Å².